The molecular formula is C19H24FNO4S2. The van der Waals surface area contributed by atoms with E-state index < -0.39 is 10.1 Å². The van der Waals surface area contributed by atoms with Crippen molar-refractivity contribution in [2.75, 3.05) is 38.6 Å². The second kappa shape index (κ2) is 10.8. The van der Waals surface area contributed by atoms with Crippen LogP contribution in [-0.2, 0) is 14.9 Å². The second-order valence-electron chi connectivity index (χ2n) is 6.04. The van der Waals surface area contributed by atoms with Gasteiger partial charge in [-0.25, -0.2) is 4.39 Å². The zero-order valence-electron chi connectivity index (χ0n) is 15.2. The smallest absolute Gasteiger partial charge is 0.294 e. The van der Waals surface area contributed by atoms with Crippen LogP contribution in [0.2, 0.25) is 0 Å². The second-order valence-corrected chi connectivity index (χ2v) is 8.63. The monoisotopic (exact) mass is 413 g/mol. The van der Waals surface area contributed by atoms with Crippen LogP contribution in [0, 0.1) is 12.7 Å². The summed E-state index contributed by atoms with van der Waals surface area (Å²) in [6, 6.07) is 12.7. The Morgan fingerprint density at radius 3 is 2.22 bits per heavy atom. The van der Waals surface area contributed by atoms with Crippen molar-refractivity contribution < 1.29 is 22.1 Å². The molecule has 8 heteroatoms. The van der Waals surface area contributed by atoms with E-state index in [0.29, 0.717) is 0 Å². The highest BCUT2D eigenvalue weighted by atomic mass is 32.2. The summed E-state index contributed by atoms with van der Waals surface area (Å²) in [6.45, 7) is 6.68. The summed E-state index contributed by atoms with van der Waals surface area (Å²) >= 11 is 1.77. The van der Waals surface area contributed by atoms with Gasteiger partial charge in [0.05, 0.1) is 18.1 Å². The molecule has 0 aromatic heterocycles. The molecule has 0 saturated carbocycles. The lowest BCUT2D eigenvalue weighted by atomic mass is 10.2. The fourth-order valence-electron chi connectivity index (χ4n) is 2.36. The molecule has 0 amide bonds. The zero-order chi connectivity index (χ0) is 19.7. The molecule has 1 fully saturated rings. The highest BCUT2D eigenvalue weighted by Crippen LogP contribution is 2.18. The molecule has 27 heavy (non-hydrogen) atoms. The first-order valence-corrected chi connectivity index (χ1v) is 11.0. The fourth-order valence-corrected chi connectivity index (χ4v) is 3.75. The summed E-state index contributed by atoms with van der Waals surface area (Å²) in [6.07, 6.45) is 0. The van der Waals surface area contributed by atoms with Crippen LogP contribution in [0.3, 0.4) is 0 Å². The van der Waals surface area contributed by atoms with Gasteiger partial charge in [0.2, 0.25) is 0 Å². The van der Waals surface area contributed by atoms with Crippen LogP contribution >= 0.6 is 11.8 Å². The molecule has 1 saturated heterocycles. The summed E-state index contributed by atoms with van der Waals surface area (Å²) in [4.78, 5) is 3.47. The van der Waals surface area contributed by atoms with Crippen molar-refractivity contribution in [3.63, 3.8) is 0 Å². The molecule has 5 nitrogen and oxygen atoms in total. The van der Waals surface area contributed by atoms with E-state index in [1.165, 1.54) is 24.3 Å². The molecule has 3 rings (SSSR count). The molecule has 0 radical (unpaired) electrons. The first kappa shape index (κ1) is 21.8. The number of rotatable bonds is 5. The quantitative estimate of drug-likeness (QED) is 0.598. The Labute approximate surface area is 164 Å². The van der Waals surface area contributed by atoms with Gasteiger partial charge >= 0.3 is 0 Å². The molecule has 0 bridgehead atoms. The minimum absolute atomic E-state index is 0.0666. The summed E-state index contributed by atoms with van der Waals surface area (Å²) in [7, 11) is -4.02. The van der Waals surface area contributed by atoms with Crippen molar-refractivity contribution in [1.29, 1.82) is 0 Å². The molecular weight excluding hydrogens is 389 g/mol. The lowest BCUT2D eigenvalue weighted by Crippen LogP contribution is -2.37. The maximum Gasteiger partial charge on any atom is 0.294 e. The molecule has 0 aliphatic carbocycles. The van der Waals surface area contributed by atoms with Crippen LogP contribution in [-0.4, -0.2) is 56.5 Å². The van der Waals surface area contributed by atoms with Gasteiger partial charge in [0.25, 0.3) is 10.1 Å². The molecule has 1 heterocycles. The van der Waals surface area contributed by atoms with Gasteiger partial charge in [0, 0.05) is 30.3 Å². The van der Waals surface area contributed by atoms with E-state index in [0.717, 1.165) is 49.1 Å². The normalized spacial score (nSPS) is 15.1. The Morgan fingerprint density at radius 2 is 1.67 bits per heavy atom. The van der Waals surface area contributed by atoms with Crippen molar-refractivity contribution in [3.05, 3.63) is 59.9 Å². The largest absolute Gasteiger partial charge is 0.379 e. The molecule has 0 atom stereocenters. The SMILES string of the molecule is Cc1ccc(S(=O)(=O)O)cc1.Fc1ccc(SCCN2CCOCC2)cc1. The summed E-state index contributed by atoms with van der Waals surface area (Å²) < 4.78 is 47.5. The predicted molar refractivity (Wildman–Crippen MR) is 105 cm³/mol. The number of thioether (sulfide) groups is 1. The number of hydrogen-bond acceptors (Lipinski definition) is 5. The maximum atomic E-state index is 12.7. The van der Waals surface area contributed by atoms with Crippen LogP contribution in [0.4, 0.5) is 4.39 Å². The van der Waals surface area contributed by atoms with Crippen LogP contribution in [0.25, 0.3) is 0 Å². The van der Waals surface area contributed by atoms with Crippen LogP contribution < -0.4 is 0 Å². The van der Waals surface area contributed by atoms with E-state index in [9.17, 15) is 12.8 Å². The van der Waals surface area contributed by atoms with Crippen molar-refractivity contribution in [3.8, 4) is 0 Å². The van der Waals surface area contributed by atoms with E-state index in [2.05, 4.69) is 4.90 Å². The number of nitrogens with zero attached hydrogens (tertiary/aromatic N) is 1. The Balaban J connectivity index is 0.000000208. The molecule has 148 valence electrons. The number of morpholine rings is 1. The molecule has 0 spiro atoms. The van der Waals surface area contributed by atoms with Gasteiger partial charge in [-0.1, -0.05) is 17.7 Å². The Hall–Kier alpha value is -1.45. The number of hydrogen-bond donors (Lipinski definition) is 1. The zero-order valence-corrected chi connectivity index (χ0v) is 16.8. The van der Waals surface area contributed by atoms with Gasteiger partial charge in [-0.15, -0.1) is 11.8 Å². The average Bonchev–Trinajstić information content (AvgIpc) is 2.64. The number of ether oxygens (including phenoxy) is 1. The topological polar surface area (TPSA) is 66.8 Å². The Morgan fingerprint density at radius 1 is 1.07 bits per heavy atom. The number of halogens is 1. The molecule has 1 aliphatic rings. The fraction of sp³-hybridized carbons (Fsp3) is 0.368. The van der Waals surface area contributed by atoms with Crippen LogP contribution in [0.5, 0.6) is 0 Å². The van der Waals surface area contributed by atoms with Gasteiger partial charge in [0.15, 0.2) is 0 Å². The molecule has 2 aromatic carbocycles. The molecule has 1 N–H and O–H groups in total. The third-order valence-electron chi connectivity index (χ3n) is 3.91. The first-order chi connectivity index (χ1) is 12.8. The van der Waals surface area contributed by atoms with Gasteiger partial charge in [-0.05, 0) is 43.3 Å². The molecule has 0 unspecified atom stereocenters. The van der Waals surface area contributed by atoms with Gasteiger partial charge < -0.3 is 4.74 Å². The number of aryl methyl sites for hydroxylation is 1. The van der Waals surface area contributed by atoms with Gasteiger partial charge in [-0.3, -0.25) is 9.45 Å². The third kappa shape index (κ3) is 8.40. The average molecular weight is 414 g/mol. The highest BCUT2D eigenvalue weighted by Gasteiger charge is 2.09. The Kier molecular flexibility index (Phi) is 8.72. The summed E-state index contributed by atoms with van der Waals surface area (Å²) in [5.41, 5.74) is 0.956. The van der Waals surface area contributed by atoms with Crippen molar-refractivity contribution in [2.45, 2.75) is 16.7 Å². The van der Waals surface area contributed by atoms with Crippen LogP contribution in [0.15, 0.2) is 58.3 Å². The lowest BCUT2D eigenvalue weighted by Gasteiger charge is -2.26. The summed E-state index contributed by atoms with van der Waals surface area (Å²) in [5.74, 6) is 0.878. The lowest BCUT2D eigenvalue weighted by molar-refractivity contribution is 0.0410. The van der Waals surface area contributed by atoms with E-state index in [4.69, 9.17) is 9.29 Å². The minimum Gasteiger partial charge on any atom is -0.379 e. The highest BCUT2D eigenvalue weighted by molar-refractivity contribution is 7.99. The Bertz CT molecular complexity index is 789. The maximum absolute atomic E-state index is 12.7. The minimum atomic E-state index is -4.02. The summed E-state index contributed by atoms with van der Waals surface area (Å²) in [5, 5.41) is 0. The number of benzene rings is 2. The predicted octanol–water partition coefficient (Wildman–Crippen LogP) is 3.49. The van der Waals surface area contributed by atoms with E-state index in [1.54, 1.807) is 23.9 Å². The van der Waals surface area contributed by atoms with Crippen molar-refractivity contribution >= 4 is 21.9 Å². The van der Waals surface area contributed by atoms with Crippen molar-refractivity contribution in [1.82, 2.24) is 4.90 Å². The van der Waals surface area contributed by atoms with Gasteiger partial charge in [-0.2, -0.15) is 8.42 Å². The van der Waals surface area contributed by atoms with Crippen LogP contribution in [0.1, 0.15) is 5.56 Å². The molecule has 1 aliphatic heterocycles. The van der Waals surface area contributed by atoms with E-state index in [-0.39, 0.29) is 10.7 Å². The van der Waals surface area contributed by atoms with Crippen molar-refractivity contribution in [2.24, 2.45) is 0 Å². The first-order valence-electron chi connectivity index (χ1n) is 8.57. The van der Waals surface area contributed by atoms with E-state index >= 15 is 0 Å². The standard InChI is InChI=1S/C12H16FNOS.C7H8O3S/c13-11-1-3-12(4-2-11)16-10-7-14-5-8-15-9-6-14;1-6-2-4-7(5-3-6)11(8,9)10/h1-4H,5-10H2;2-5H,1H3,(H,8,9,10). The van der Waals surface area contributed by atoms with Gasteiger partial charge in [0.1, 0.15) is 5.82 Å². The molecule has 2 aromatic rings. The third-order valence-corrected chi connectivity index (χ3v) is 5.77. The van der Waals surface area contributed by atoms with E-state index in [1.807, 2.05) is 19.1 Å².